The van der Waals surface area contributed by atoms with Crippen LogP contribution >= 0.6 is 0 Å². The largest absolute Gasteiger partial charge is 0.387 e. The molecule has 2 heterocycles. The second-order valence-corrected chi connectivity index (χ2v) is 17.0. The van der Waals surface area contributed by atoms with Gasteiger partial charge in [0.15, 0.2) is 0 Å². The Morgan fingerprint density at radius 3 is 1.57 bits per heavy atom. The number of hydrogen-bond donors (Lipinski definition) is 3. The highest BCUT2D eigenvalue weighted by atomic mass is 32.2. The predicted molar refractivity (Wildman–Crippen MR) is 251 cm³/mol. The second-order valence-electron chi connectivity index (χ2n) is 15.2. The lowest BCUT2D eigenvalue weighted by molar-refractivity contribution is -0.196. The van der Waals surface area contributed by atoms with Crippen molar-refractivity contribution < 1.29 is 79.8 Å². The number of carbonyl (C=O) groups is 4. The van der Waals surface area contributed by atoms with E-state index in [0.29, 0.717) is 142 Å². The fraction of sp³-hybridized carbons (Fsp3) is 0.667. The first-order chi connectivity index (χ1) is 33.4. The number of nitrogens with zero attached hydrogens (tertiary/aromatic N) is 3. The molecule has 4 N–H and O–H groups in total. The van der Waals surface area contributed by atoms with Crippen molar-refractivity contribution in [3.63, 3.8) is 0 Å². The average Bonchev–Trinajstić information content (AvgIpc) is 3.52. The summed E-state index contributed by atoms with van der Waals surface area (Å²) in [6, 6.07) is 4.48. The van der Waals surface area contributed by atoms with Crippen LogP contribution in [0.25, 0.3) is 6.08 Å². The SMILES string of the molecule is CCCN(OC(C)C)C(=O)C1=Cc2ccc(S(=O)(=O)NCCOCCOCCOCCOCCOCCOCCOCCOCCOCCOCCNC(=O)CN3C(=O)C=CC3=O)cc2N=C(N)C1. The van der Waals surface area contributed by atoms with Crippen LogP contribution in [0.15, 0.2) is 45.8 Å². The molecule has 2 aliphatic rings. The molecule has 0 aliphatic carbocycles. The molecule has 69 heavy (non-hydrogen) atoms. The highest BCUT2D eigenvalue weighted by Gasteiger charge is 2.26. The maximum atomic E-state index is 13.3. The van der Waals surface area contributed by atoms with Crippen LogP contribution in [0.1, 0.15) is 39.2 Å². The lowest BCUT2D eigenvalue weighted by atomic mass is 10.1. The molecule has 390 valence electrons. The number of amides is 4. The molecule has 0 bridgehead atoms. The number of benzene rings is 1. The van der Waals surface area contributed by atoms with Gasteiger partial charge in [0.1, 0.15) is 12.4 Å². The van der Waals surface area contributed by atoms with Gasteiger partial charge in [-0.15, -0.1) is 0 Å². The number of fused-ring (bicyclic) bond motifs is 1. The van der Waals surface area contributed by atoms with E-state index in [1.165, 1.54) is 17.2 Å². The number of rotatable bonds is 42. The summed E-state index contributed by atoms with van der Waals surface area (Å²) < 4.78 is 83.2. The van der Waals surface area contributed by atoms with Crippen LogP contribution in [0.2, 0.25) is 0 Å². The molecule has 2 aliphatic heterocycles. The summed E-state index contributed by atoms with van der Waals surface area (Å²) >= 11 is 0. The number of ether oxygens (including phenoxy) is 10. The molecule has 1 aromatic rings. The molecule has 0 spiro atoms. The fourth-order valence-electron chi connectivity index (χ4n) is 5.96. The minimum absolute atomic E-state index is 0.0109. The van der Waals surface area contributed by atoms with Crippen molar-refractivity contribution in [1.82, 2.24) is 20.0 Å². The topological polar surface area (TPSA) is 273 Å². The first-order valence-electron chi connectivity index (χ1n) is 23.1. The molecule has 3 rings (SSSR count). The highest BCUT2D eigenvalue weighted by molar-refractivity contribution is 7.89. The summed E-state index contributed by atoms with van der Waals surface area (Å²) in [6.45, 7) is 13.6. The predicted octanol–water partition coefficient (Wildman–Crippen LogP) is 0.527. The van der Waals surface area contributed by atoms with E-state index < -0.39 is 27.7 Å². The maximum Gasteiger partial charge on any atom is 0.273 e. The zero-order valence-corrected chi connectivity index (χ0v) is 41.0. The molecule has 0 radical (unpaired) electrons. The molecule has 0 atom stereocenters. The molecule has 1 aromatic carbocycles. The van der Waals surface area contributed by atoms with E-state index in [2.05, 4.69) is 15.0 Å². The molecule has 0 aromatic heterocycles. The number of amidine groups is 1. The van der Waals surface area contributed by atoms with Gasteiger partial charge in [-0.2, -0.15) is 0 Å². The van der Waals surface area contributed by atoms with Crippen LogP contribution in [-0.2, 0) is 81.4 Å². The van der Waals surface area contributed by atoms with E-state index in [-0.39, 0.29) is 68.6 Å². The third-order valence-corrected chi connectivity index (χ3v) is 10.7. The zero-order valence-electron chi connectivity index (χ0n) is 40.2. The van der Waals surface area contributed by atoms with E-state index in [4.69, 9.17) is 57.9 Å². The summed E-state index contributed by atoms with van der Waals surface area (Å²) in [6.07, 6.45) is 4.55. The van der Waals surface area contributed by atoms with Crippen LogP contribution < -0.4 is 15.8 Å². The van der Waals surface area contributed by atoms with Gasteiger partial charge < -0.3 is 58.4 Å². The number of sulfonamides is 1. The van der Waals surface area contributed by atoms with E-state index in [1.54, 1.807) is 12.1 Å². The first kappa shape index (κ1) is 59.0. The molecule has 0 unspecified atom stereocenters. The average molecular weight is 1000 g/mol. The third kappa shape index (κ3) is 25.9. The van der Waals surface area contributed by atoms with E-state index in [9.17, 15) is 27.6 Å². The number of nitrogens with one attached hydrogen (secondary N) is 2. The van der Waals surface area contributed by atoms with E-state index in [1.807, 2.05) is 20.8 Å². The van der Waals surface area contributed by atoms with Gasteiger partial charge in [-0.1, -0.05) is 13.0 Å². The van der Waals surface area contributed by atoms with Crippen LogP contribution in [0, 0.1) is 0 Å². The Bertz CT molecular complexity index is 1870. The maximum absolute atomic E-state index is 13.3. The smallest absolute Gasteiger partial charge is 0.273 e. The van der Waals surface area contributed by atoms with Gasteiger partial charge in [0.2, 0.25) is 15.9 Å². The standard InChI is InChI=1S/C45H72N6O17S/c1-4-11-51(68-36(2)3)45(55)38-32-37-5-6-39(34-40(37)49-41(46)33-38)69(56,57)48-10-13-59-15-17-61-19-21-63-23-25-65-27-29-67-31-30-66-28-26-64-24-22-62-20-18-60-16-14-58-12-9-47-42(52)35-50-43(53)7-8-44(50)54/h5-8,32,34,36,48H,4,9-31,33,35H2,1-3H3,(H2,46,49)(H,47,52). The Balaban J connectivity index is 1.03. The summed E-state index contributed by atoms with van der Waals surface area (Å²) in [5, 5.41) is 3.91. The van der Waals surface area contributed by atoms with Crippen molar-refractivity contribution in [3.05, 3.63) is 41.5 Å². The van der Waals surface area contributed by atoms with Crippen LogP contribution in [0.3, 0.4) is 0 Å². The number of nitrogens with two attached hydrogens (primary N) is 1. The first-order valence-corrected chi connectivity index (χ1v) is 24.6. The lowest BCUT2D eigenvalue weighted by Crippen LogP contribution is -2.41. The van der Waals surface area contributed by atoms with Gasteiger partial charge in [0, 0.05) is 49.3 Å². The number of imide groups is 1. The van der Waals surface area contributed by atoms with Crippen LogP contribution in [-0.4, -0.2) is 212 Å². The quantitative estimate of drug-likeness (QED) is 0.0458. The van der Waals surface area contributed by atoms with Gasteiger partial charge in [-0.3, -0.25) is 28.9 Å². The summed E-state index contributed by atoms with van der Waals surface area (Å²) in [5.41, 5.74) is 7.44. The van der Waals surface area contributed by atoms with Crippen molar-refractivity contribution in [2.75, 3.05) is 158 Å². The van der Waals surface area contributed by atoms with Crippen molar-refractivity contribution in [2.45, 2.75) is 44.6 Å². The lowest BCUT2D eigenvalue weighted by Gasteiger charge is -2.24. The Morgan fingerprint density at radius 2 is 1.13 bits per heavy atom. The molecule has 4 amide bonds. The number of aliphatic imine (C=N–C) groups is 1. The van der Waals surface area contributed by atoms with E-state index in [0.717, 1.165) is 17.1 Å². The van der Waals surface area contributed by atoms with Crippen molar-refractivity contribution in [2.24, 2.45) is 10.7 Å². The molecular formula is C45H72N6O17S. The van der Waals surface area contributed by atoms with Crippen LogP contribution in [0.4, 0.5) is 5.69 Å². The Kier molecular flexibility index (Phi) is 30.6. The fourth-order valence-corrected chi connectivity index (χ4v) is 6.99. The van der Waals surface area contributed by atoms with Gasteiger partial charge in [-0.05, 0) is 38.5 Å². The molecule has 0 saturated carbocycles. The summed E-state index contributed by atoms with van der Waals surface area (Å²) in [7, 11) is -3.87. The number of hydrogen-bond acceptors (Lipinski definition) is 19. The normalized spacial score (nSPS) is 13.8. The van der Waals surface area contributed by atoms with Gasteiger partial charge in [-0.25, -0.2) is 23.2 Å². The highest BCUT2D eigenvalue weighted by Crippen LogP contribution is 2.30. The van der Waals surface area contributed by atoms with Gasteiger partial charge >= 0.3 is 0 Å². The van der Waals surface area contributed by atoms with Crippen LogP contribution in [0.5, 0.6) is 0 Å². The molecule has 24 heteroatoms. The second kappa shape index (κ2) is 35.8. The molecule has 0 fully saturated rings. The van der Waals surface area contributed by atoms with Crippen molar-refractivity contribution in [1.29, 1.82) is 0 Å². The minimum atomic E-state index is -3.87. The van der Waals surface area contributed by atoms with Gasteiger partial charge in [0.05, 0.1) is 149 Å². The molecule has 23 nitrogen and oxygen atoms in total. The Labute approximate surface area is 405 Å². The molecular weight excluding hydrogens is 929 g/mol. The number of carbonyl (C=O) groups excluding carboxylic acids is 4. The number of hydroxylamine groups is 2. The summed E-state index contributed by atoms with van der Waals surface area (Å²) in [4.78, 5) is 58.9. The monoisotopic (exact) mass is 1000 g/mol. The molecule has 0 saturated heterocycles. The van der Waals surface area contributed by atoms with E-state index >= 15 is 0 Å². The van der Waals surface area contributed by atoms with Crippen molar-refractivity contribution in [3.8, 4) is 0 Å². The van der Waals surface area contributed by atoms with Gasteiger partial charge in [0.25, 0.3) is 17.7 Å². The third-order valence-electron chi connectivity index (χ3n) is 9.20. The Hall–Kier alpha value is -4.28. The summed E-state index contributed by atoms with van der Waals surface area (Å²) in [5.74, 6) is -1.57. The van der Waals surface area contributed by atoms with Crippen molar-refractivity contribution >= 4 is 51.3 Å². The Morgan fingerprint density at radius 1 is 0.696 bits per heavy atom. The zero-order chi connectivity index (χ0) is 50.0. The minimum Gasteiger partial charge on any atom is -0.387 e.